The first-order valence-electron chi connectivity index (χ1n) is 21.8. The molecule has 0 aliphatic heterocycles. The molecule has 0 bridgehead atoms. The molecule has 1 aliphatic carbocycles. The topological polar surface area (TPSA) is 189 Å². The van der Waals surface area contributed by atoms with Crippen LogP contribution in [-0.4, -0.2) is 92.5 Å². The van der Waals surface area contributed by atoms with Crippen LogP contribution in [-0.2, 0) is 32.7 Å². The number of unbranched alkanes of at least 4 members (excludes halogenated alkanes) is 24. The summed E-state index contributed by atoms with van der Waals surface area (Å²) in [6.07, 6.45) is 20.2. The summed E-state index contributed by atoms with van der Waals surface area (Å²) in [6.45, 7) is 3.35. The lowest BCUT2D eigenvalue weighted by Gasteiger charge is -2.41. The van der Waals surface area contributed by atoms with Crippen molar-refractivity contribution in [2.45, 2.75) is 236 Å². The number of phosphoric ester groups is 1. The van der Waals surface area contributed by atoms with Crippen LogP contribution in [0.3, 0.4) is 0 Å². The molecule has 0 aromatic carbocycles. The number of aliphatic hydroxyl groups is 4. The van der Waals surface area contributed by atoms with Gasteiger partial charge < -0.3 is 34.8 Å². The lowest BCUT2D eigenvalue weighted by molar-refractivity contribution is -0.172. The molecule has 0 heterocycles. The normalized spacial score (nSPS) is 23.0. The molecule has 55 heavy (non-hydrogen) atoms. The second kappa shape index (κ2) is 33.1. The Labute approximate surface area is 337 Å². The first-order chi connectivity index (χ1) is 26.4. The minimum atomic E-state index is -5.05. The largest absolute Gasteiger partial charge is 0.472 e. The van der Waals surface area contributed by atoms with Crippen LogP contribution < -0.4 is 0 Å². The van der Waals surface area contributed by atoms with Gasteiger partial charge in [0, 0.05) is 12.8 Å². The predicted octanol–water partition coefficient (Wildman–Crippen LogP) is 8.97. The quantitative estimate of drug-likeness (QED) is 0.0175. The molecule has 0 saturated heterocycles. The van der Waals surface area contributed by atoms with Crippen LogP contribution in [0.4, 0.5) is 0 Å². The van der Waals surface area contributed by atoms with E-state index in [0.29, 0.717) is 12.8 Å². The van der Waals surface area contributed by atoms with Crippen molar-refractivity contribution < 1.29 is 58.0 Å². The van der Waals surface area contributed by atoms with Gasteiger partial charge in [-0.15, -0.1) is 11.6 Å². The van der Waals surface area contributed by atoms with Gasteiger partial charge in [0.25, 0.3) is 0 Å². The Bertz CT molecular complexity index is 990. The van der Waals surface area contributed by atoms with Crippen molar-refractivity contribution in [1.29, 1.82) is 0 Å². The zero-order chi connectivity index (χ0) is 40.7. The van der Waals surface area contributed by atoms with E-state index < -0.39 is 75.0 Å². The van der Waals surface area contributed by atoms with Crippen LogP contribution >= 0.6 is 19.4 Å². The van der Waals surface area contributed by atoms with E-state index in [9.17, 15) is 39.5 Å². The molecule has 0 spiro atoms. The average Bonchev–Trinajstić information content (AvgIpc) is 3.16. The van der Waals surface area contributed by atoms with Crippen molar-refractivity contribution in [2.75, 3.05) is 13.2 Å². The fraction of sp³-hybridized carbons (Fsp3) is 0.951. The molecular formula is C41H78ClO12P. The standard InChI is InChI=1S/C41H78ClO12P/c1-3-5-7-9-11-13-15-17-19-21-23-25-27-29-34(43)51-31-33(32-52-55(49,50)54-41-38(46)36(42)37(45)39(47)40(41)48)53-35(44)30-28-26-24-22-20-18-16-14-12-10-8-6-4-2/h33,36-41,45-48H,3-32H2,1-2H3,(H,49,50)/t33-,36+,37+,38-,39-,40-,41-/m1/s1. The second-order valence-electron chi connectivity index (χ2n) is 15.5. The summed E-state index contributed by atoms with van der Waals surface area (Å²) in [7, 11) is -5.05. The Kier molecular flexibility index (Phi) is 31.4. The summed E-state index contributed by atoms with van der Waals surface area (Å²) in [4.78, 5) is 35.6. The van der Waals surface area contributed by atoms with Gasteiger partial charge in [-0.2, -0.15) is 0 Å². The number of alkyl halides is 1. The highest BCUT2D eigenvalue weighted by atomic mass is 35.5. The first kappa shape index (κ1) is 52.2. The summed E-state index contributed by atoms with van der Waals surface area (Å²) >= 11 is 5.90. The molecule has 1 fully saturated rings. The molecule has 5 N–H and O–H groups in total. The van der Waals surface area contributed by atoms with E-state index in [0.717, 1.165) is 38.5 Å². The number of carbonyl (C=O) groups excluding carboxylic acids is 2. The fourth-order valence-electron chi connectivity index (χ4n) is 6.85. The van der Waals surface area contributed by atoms with Gasteiger partial charge in [0.2, 0.25) is 0 Å². The summed E-state index contributed by atoms with van der Waals surface area (Å²) in [6, 6.07) is 0. The Morgan fingerprint density at radius 1 is 0.545 bits per heavy atom. The van der Waals surface area contributed by atoms with Gasteiger partial charge in [0.1, 0.15) is 37.1 Å². The van der Waals surface area contributed by atoms with E-state index in [-0.39, 0.29) is 12.8 Å². The number of hydrogen-bond acceptors (Lipinski definition) is 11. The molecule has 0 amide bonds. The molecule has 0 aromatic rings. The molecule has 1 unspecified atom stereocenters. The Balaban J connectivity index is 2.48. The lowest BCUT2D eigenvalue weighted by atomic mass is 9.87. The fourth-order valence-corrected chi connectivity index (χ4v) is 8.11. The van der Waals surface area contributed by atoms with Gasteiger partial charge in [-0.3, -0.25) is 18.6 Å². The van der Waals surface area contributed by atoms with Gasteiger partial charge in [0.15, 0.2) is 6.10 Å². The van der Waals surface area contributed by atoms with Crippen LogP contribution in [0.2, 0.25) is 0 Å². The Morgan fingerprint density at radius 2 is 0.927 bits per heavy atom. The predicted molar refractivity (Wildman–Crippen MR) is 216 cm³/mol. The van der Waals surface area contributed by atoms with E-state index >= 15 is 0 Å². The maximum atomic E-state index is 12.8. The summed E-state index contributed by atoms with van der Waals surface area (Å²) in [5, 5.41) is 38.9. The minimum Gasteiger partial charge on any atom is -0.462 e. The minimum absolute atomic E-state index is 0.117. The van der Waals surface area contributed by atoms with Crippen LogP contribution in [0.15, 0.2) is 0 Å². The van der Waals surface area contributed by atoms with E-state index in [1.54, 1.807) is 0 Å². The molecule has 0 radical (unpaired) electrons. The Hall–Kier alpha value is -0.820. The molecule has 1 saturated carbocycles. The molecule has 8 atom stereocenters. The highest BCUT2D eigenvalue weighted by Gasteiger charge is 2.51. The van der Waals surface area contributed by atoms with E-state index in [2.05, 4.69) is 13.8 Å². The zero-order valence-corrected chi connectivity index (χ0v) is 35.8. The third-order valence-corrected chi connectivity index (χ3v) is 11.9. The van der Waals surface area contributed by atoms with E-state index in [4.69, 9.17) is 30.1 Å². The van der Waals surface area contributed by atoms with Crippen molar-refractivity contribution >= 4 is 31.4 Å². The van der Waals surface area contributed by atoms with Crippen molar-refractivity contribution in [3.8, 4) is 0 Å². The number of carbonyl (C=O) groups is 2. The summed E-state index contributed by atoms with van der Waals surface area (Å²) in [5.74, 6) is -1.06. The maximum absolute atomic E-state index is 12.8. The van der Waals surface area contributed by atoms with Crippen molar-refractivity contribution in [3.63, 3.8) is 0 Å². The molecule has 12 nitrogen and oxygen atoms in total. The van der Waals surface area contributed by atoms with E-state index in [1.807, 2.05) is 0 Å². The van der Waals surface area contributed by atoms with Gasteiger partial charge in [-0.05, 0) is 12.8 Å². The van der Waals surface area contributed by atoms with Crippen molar-refractivity contribution in [1.82, 2.24) is 0 Å². The van der Waals surface area contributed by atoms with Gasteiger partial charge in [-0.1, -0.05) is 168 Å². The third kappa shape index (κ3) is 26.0. The number of rotatable bonds is 36. The second-order valence-corrected chi connectivity index (χ2v) is 17.4. The zero-order valence-electron chi connectivity index (χ0n) is 34.2. The monoisotopic (exact) mass is 828 g/mol. The van der Waals surface area contributed by atoms with E-state index in [1.165, 1.54) is 116 Å². The number of hydrogen-bond donors (Lipinski definition) is 5. The van der Waals surface area contributed by atoms with Crippen molar-refractivity contribution in [3.05, 3.63) is 0 Å². The lowest BCUT2D eigenvalue weighted by Crippen LogP contribution is -2.62. The molecular weight excluding hydrogens is 751 g/mol. The molecule has 1 rings (SSSR count). The molecule has 1 aliphatic rings. The maximum Gasteiger partial charge on any atom is 0.472 e. The highest BCUT2D eigenvalue weighted by molar-refractivity contribution is 7.47. The summed E-state index contributed by atoms with van der Waals surface area (Å²) in [5.41, 5.74) is 0. The molecule has 0 aromatic heterocycles. The van der Waals surface area contributed by atoms with Gasteiger partial charge >= 0.3 is 19.8 Å². The van der Waals surface area contributed by atoms with Crippen LogP contribution in [0.5, 0.6) is 0 Å². The average molecular weight is 829 g/mol. The van der Waals surface area contributed by atoms with Crippen molar-refractivity contribution in [2.24, 2.45) is 0 Å². The first-order valence-corrected chi connectivity index (χ1v) is 23.7. The Morgan fingerprint density at radius 3 is 1.35 bits per heavy atom. The van der Waals surface area contributed by atoms with Gasteiger partial charge in [-0.25, -0.2) is 4.57 Å². The number of esters is 2. The van der Waals surface area contributed by atoms with Crippen LogP contribution in [0.25, 0.3) is 0 Å². The number of phosphoric acid groups is 1. The smallest absolute Gasteiger partial charge is 0.462 e. The molecule has 326 valence electrons. The number of ether oxygens (including phenoxy) is 2. The summed E-state index contributed by atoms with van der Waals surface area (Å²) < 4.78 is 33.6. The van der Waals surface area contributed by atoms with Crippen LogP contribution in [0.1, 0.15) is 194 Å². The van der Waals surface area contributed by atoms with Gasteiger partial charge in [0.05, 0.1) is 12.0 Å². The molecule has 14 heteroatoms. The SMILES string of the molecule is CCCCCCCCCCCCCCCC(=O)OC[C@H](COP(=O)(O)O[C@H]1[C@H](O)[C@H](O)[C@@H](O)[C@H](Cl)[C@H]1O)OC(=O)CCCCCCCCCCCCCCC. The number of aliphatic hydroxyl groups excluding tert-OH is 4. The number of halogens is 1. The van der Waals surface area contributed by atoms with Crippen LogP contribution in [0, 0.1) is 0 Å². The highest BCUT2D eigenvalue weighted by Crippen LogP contribution is 2.47. The third-order valence-electron chi connectivity index (χ3n) is 10.4.